The summed E-state index contributed by atoms with van der Waals surface area (Å²) in [5.41, 5.74) is 10.2. The minimum absolute atomic E-state index is 0. The second-order valence-corrected chi connectivity index (χ2v) is 17.8. The zero-order valence-corrected chi connectivity index (χ0v) is 39.2. The molecule has 0 saturated carbocycles. The van der Waals surface area contributed by atoms with Gasteiger partial charge in [-0.1, -0.05) is 131 Å². The van der Waals surface area contributed by atoms with Crippen LogP contribution in [0.1, 0.15) is 133 Å². The number of carbonyl (C=O) groups excluding carboxylic acids is 3. The number of ketones is 1. The minimum atomic E-state index is -1.14. The number of fused-ring (bicyclic) bond motifs is 8. The minimum Gasteiger partial charge on any atom is -0.681 e. The molecule has 5 heterocycles. The average Bonchev–Trinajstić information content (AvgIpc) is 3.94. The molecule has 2 aromatic rings. The second-order valence-electron chi connectivity index (χ2n) is 17.8. The summed E-state index contributed by atoms with van der Waals surface area (Å²) < 4.78 is 11.0. The molecule has 3 aliphatic heterocycles. The van der Waals surface area contributed by atoms with E-state index in [1.165, 1.54) is 38.4 Å². The van der Waals surface area contributed by atoms with E-state index < -0.39 is 23.8 Å². The van der Waals surface area contributed by atoms with Crippen LogP contribution in [0.3, 0.4) is 0 Å². The number of hydrogen-bond donors (Lipinski definition) is 0. The van der Waals surface area contributed by atoms with Gasteiger partial charge < -0.3 is 30.1 Å². The average molecular weight is 825 g/mol. The van der Waals surface area contributed by atoms with Gasteiger partial charge in [0.05, 0.1) is 7.11 Å². The summed E-state index contributed by atoms with van der Waals surface area (Å²) in [6.45, 7) is 23.6. The SMILES string of the molecule is C=Cc1c2[n-]c(c1C)/C=C1\[N-]C(C3=C4[N-]C(=C(C)C4C(=O)[C@@H]3C(=O)OC)/C=c3\[n-]/c(c(C)c3CC)=C\2)[C@@H](CCC(=O)OC/C=C(\C)CCC[C@H](C)CCCC(C)C)[C@@H]1C.[Mg+2]. The van der Waals surface area contributed by atoms with E-state index >= 15 is 0 Å². The molecule has 318 valence electrons. The molecule has 2 unspecified atom stereocenters. The number of esters is 2. The van der Waals surface area contributed by atoms with Crippen LogP contribution in [0.4, 0.5) is 0 Å². The normalized spacial score (nSPS) is 24.4. The van der Waals surface area contributed by atoms with E-state index in [-0.39, 0.29) is 59.7 Å². The van der Waals surface area contributed by atoms with Gasteiger partial charge in [-0.15, -0.1) is 33.5 Å². The van der Waals surface area contributed by atoms with E-state index in [2.05, 4.69) is 55.0 Å². The van der Waals surface area contributed by atoms with Crippen LogP contribution in [0.15, 0.2) is 46.5 Å². The van der Waals surface area contributed by atoms with Gasteiger partial charge in [0, 0.05) is 12.3 Å². The summed E-state index contributed by atoms with van der Waals surface area (Å²) in [4.78, 5) is 51.4. The fourth-order valence-corrected chi connectivity index (χ4v) is 9.58. The molecule has 2 aromatic heterocycles. The first kappa shape index (κ1) is 47.0. The molecule has 60 heavy (non-hydrogen) atoms. The van der Waals surface area contributed by atoms with Crippen LogP contribution in [0.5, 0.6) is 0 Å². The summed E-state index contributed by atoms with van der Waals surface area (Å²) in [5.74, 6) is -1.86. The largest absolute Gasteiger partial charge is 2.00 e. The van der Waals surface area contributed by atoms with Crippen molar-refractivity contribution in [1.29, 1.82) is 0 Å². The van der Waals surface area contributed by atoms with Crippen molar-refractivity contribution in [2.75, 3.05) is 13.7 Å². The van der Waals surface area contributed by atoms with E-state index in [9.17, 15) is 14.4 Å². The Kier molecular flexibility index (Phi) is 15.9. The van der Waals surface area contributed by atoms with Crippen molar-refractivity contribution in [3.05, 3.63) is 101 Å². The molecule has 1 aliphatic carbocycles. The third-order valence-electron chi connectivity index (χ3n) is 13.3. The van der Waals surface area contributed by atoms with Crippen LogP contribution < -0.4 is 20.7 Å². The fourth-order valence-electron chi connectivity index (χ4n) is 9.58. The molecule has 1 fully saturated rings. The topological polar surface area (TPSA) is 126 Å². The van der Waals surface area contributed by atoms with Gasteiger partial charge in [-0.2, -0.15) is 5.70 Å². The first-order valence-corrected chi connectivity index (χ1v) is 21.9. The zero-order valence-electron chi connectivity index (χ0n) is 37.7. The van der Waals surface area contributed by atoms with Crippen LogP contribution in [0.25, 0.3) is 34.9 Å². The van der Waals surface area contributed by atoms with Crippen molar-refractivity contribution in [2.45, 2.75) is 126 Å². The maximum Gasteiger partial charge on any atom is 2.00 e. The van der Waals surface area contributed by atoms with Crippen molar-refractivity contribution in [3.8, 4) is 0 Å². The molecule has 6 rings (SSSR count). The Balaban J connectivity index is 0.00000683. The number of carbonyl (C=O) groups is 3. The third kappa shape index (κ3) is 9.70. The molecule has 8 bridgehead atoms. The fraction of sp³-hybridized carbons (Fsp3) is 0.540. The Hall–Kier alpha value is -4.02. The van der Waals surface area contributed by atoms with Crippen LogP contribution in [-0.2, 0) is 30.3 Å². The smallest absolute Gasteiger partial charge is 0.681 e. The van der Waals surface area contributed by atoms with Gasteiger partial charge in [0.2, 0.25) is 0 Å². The number of ether oxygens (including phenoxy) is 2. The molecule has 0 spiro atoms. The summed E-state index contributed by atoms with van der Waals surface area (Å²) in [5, 5.41) is 12.1. The maximum atomic E-state index is 14.4. The first-order chi connectivity index (χ1) is 28.2. The van der Waals surface area contributed by atoms with E-state index in [4.69, 9.17) is 30.1 Å². The summed E-state index contributed by atoms with van der Waals surface area (Å²) in [7, 11) is 1.31. The van der Waals surface area contributed by atoms with E-state index in [1.807, 2.05) is 44.2 Å². The zero-order chi connectivity index (χ0) is 42.7. The van der Waals surface area contributed by atoms with Crippen molar-refractivity contribution in [3.63, 3.8) is 0 Å². The molecule has 0 radical (unpaired) electrons. The van der Waals surface area contributed by atoms with Gasteiger partial charge in [-0.05, 0) is 88.7 Å². The van der Waals surface area contributed by atoms with E-state index in [0.717, 1.165) is 86.7 Å². The third-order valence-corrected chi connectivity index (χ3v) is 13.3. The summed E-state index contributed by atoms with van der Waals surface area (Å²) >= 11 is 0. The van der Waals surface area contributed by atoms with Gasteiger partial charge in [-0.25, -0.2) is 0 Å². The van der Waals surface area contributed by atoms with Crippen molar-refractivity contribution in [1.82, 2.24) is 9.97 Å². The monoisotopic (exact) mass is 824 g/mol. The van der Waals surface area contributed by atoms with Crippen LogP contribution in [0, 0.1) is 49.4 Å². The Bertz CT molecular complexity index is 2230. The number of nitrogens with zero attached hydrogens (tertiary/aromatic N) is 4. The molecule has 6 atom stereocenters. The van der Waals surface area contributed by atoms with Gasteiger partial charge in [-0.3, -0.25) is 14.4 Å². The Labute approximate surface area is 373 Å². The molecule has 0 amide bonds. The molecule has 10 heteroatoms. The van der Waals surface area contributed by atoms with Crippen LogP contribution >= 0.6 is 0 Å². The molecule has 0 aromatic carbocycles. The predicted octanol–water partition coefficient (Wildman–Crippen LogP) is 8.82. The van der Waals surface area contributed by atoms with E-state index in [0.29, 0.717) is 23.4 Å². The molecule has 1 saturated heterocycles. The van der Waals surface area contributed by atoms with Gasteiger partial charge in [0.1, 0.15) is 12.5 Å². The van der Waals surface area contributed by atoms with Crippen LogP contribution in [0.2, 0.25) is 0 Å². The van der Waals surface area contributed by atoms with E-state index in [1.54, 1.807) is 0 Å². The Morgan fingerprint density at radius 1 is 0.950 bits per heavy atom. The number of rotatable bonds is 16. The second kappa shape index (κ2) is 20.2. The van der Waals surface area contributed by atoms with Gasteiger partial charge in [0.15, 0.2) is 5.78 Å². The molecule has 9 nitrogen and oxygen atoms in total. The quantitative estimate of drug-likeness (QED) is 0.0717. The molecular formula is C50H64MgN4O5-2. The number of aromatic nitrogens is 2. The first-order valence-electron chi connectivity index (χ1n) is 21.9. The summed E-state index contributed by atoms with van der Waals surface area (Å²) in [6.07, 6.45) is 18.4. The predicted molar refractivity (Wildman–Crippen MR) is 242 cm³/mol. The van der Waals surface area contributed by atoms with Gasteiger partial charge >= 0.3 is 35.0 Å². The van der Waals surface area contributed by atoms with Crippen molar-refractivity contribution >= 4 is 65.1 Å². The molecular weight excluding hydrogens is 761 g/mol. The van der Waals surface area contributed by atoms with Crippen molar-refractivity contribution in [2.24, 2.45) is 35.5 Å². The number of Topliss-reactive ketones (excluding diaryl/α,β-unsaturated/α-hetero) is 1. The summed E-state index contributed by atoms with van der Waals surface area (Å²) in [6, 6.07) is -0.590. The van der Waals surface area contributed by atoms with Crippen LogP contribution in [-0.4, -0.2) is 60.5 Å². The maximum absolute atomic E-state index is 14.4. The standard InChI is InChI=1S/C50H64N4O5.Mg/c1-12-34-30(7)37-24-39-32(9)36(20-21-43(55)59-23-22-29(6)19-15-18-28(5)17-14-16-27(3)4)47(53-39)45-46(50(57)58-11)49(56)44-33(10)40(54-48(44)45)26-42-35(13-2)31(8)38(52-42)25-41(34)51-37;/h12,22,24-28,32,36,44,46-47H,1,13-21,23H2,2-11H3;/q-4;+2/b29-22+,38-25-,39-24-,42-26-;/t28-,32+,36+,44?,46-,47?;/m1./s1. The molecule has 4 aliphatic rings. The van der Waals surface area contributed by atoms with Gasteiger partial charge in [0.25, 0.3) is 0 Å². The number of allylic oxidation sites excluding steroid dienone is 4. The molecule has 0 N–H and O–H groups in total. The Morgan fingerprint density at radius 2 is 1.68 bits per heavy atom. The number of hydrogen-bond acceptors (Lipinski definition) is 5. The van der Waals surface area contributed by atoms with Crippen molar-refractivity contribution < 1.29 is 23.9 Å². The Morgan fingerprint density at radius 3 is 2.37 bits per heavy atom. The number of methoxy groups -OCH3 is 1.